The van der Waals surface area contributed by atoms with E-state index in [4.69, 9.17) is 9.05 Å². The number of allylic oxidation sites excluding steroid dienone is 11. The summed E-state index contributed by atoms with van der Waals surface area (Å²) in [5, 5.41) is 13.9. The Balaban J connectivity index is 4.17. The Kier molecular flexibility index (Phi) is 53.2. The van der Waals surface area contributed by atoms with Crippen molar-refractivity contribution in [2.75, 3.05) is 40.9 Å². The molecule has 1 amide bonds. The van der Waals surface area contributed by atoms with Crippen LogP contribution < -0.4 is 5.32 Å². The molecule has 3 atom stereocenters. The first kappa shape index (κ1) is 70.9. The Labute approximate surface area is 453 Å². The molecular formula is C64H120N2O6P+. The van der Waals surface area contributed by atoms with Gasteiger partial charge in [0.1, 0.15) is 13.2 Å². The van der Waals surface area contributed by atoms with Crippen LogP contribution in [0.4, 0.5) is 0 Å². The summed E-state index contributed by atoms with van der Waals surface area (Å²) in [6.45, 7) is 4.69. The second-order valence-electron chi connectivity index (χ2n) is 22.0. The number of rotatable bonds is 56. The first-order chi connectivity index (χ1) is 35.5. The maximum atomic E-state index is 13.0. The Morgan fingerprint density at radius 2 is 0.836 bits per heavy atom. The van der Waals surface area contributed by atoms with E-state index in [0.717, 1.165) is 77.0 Å². The van der Waals surface area contributed by atoms with Crippen LogP contribution in [0.2, 0.25) is 0 Å². The monoisotopic (exact) mass is 1040 g/mol. The molecule has 0 fully saturated rings. The van der Waals surface area contributed by atoms with Crippen LogP contribution in [0.15, 0.2) is 72.9 Å². The average Bonchev–Trinajstić information content (AvgIpc) is 3.35. The van der Waals surface area contributed by atoms with Gasteiger partial charge < -0.3 is 19.8 Å². The molecule has 0 spiro atoms. The number of nitrogens with one attached hydrogen (secondary N) is 1. The van der Waals surface area contributed by atoms with Crippen molar-refractivity contribution in [3.63, 3.8) is 0 Å². The normalized spacial score (nSPS) is 14.3. The molecule has 0 heterocycles. The largest absolute Gasteiger partial charge is 0.472 e. The summed E-state index contributed by atoms with van der Waals surface area (Å²) in [5.41, 5.74) is 0. The molecule has 0 bridgehead atoms. The third kappa shape index (κ3) is 57.5. The van der Waals surface area contributed by atoms with E-state index in [1.165, 1.54) is 180 Å². The van der Waals surface area contributed by atoms with E-state index in [1.807, 2.05) is 27.2 Å². The van der Waals surface area contributed by atoms with Crippen LogP contribution >= 0.6 is 7.82 Å². The van der Waals surface area contributed by atoms with Gasteiger partial charge in [0.05, 0.1) is 39.9 Å². The maximum absolute atomic E-state index is 13.0. The minimum Gasteiger partial charge on any atom is -0.387 e. The zero-order valence-corrected chi connectivity index (χ0v) is 49.5. The fourth-order valence-electron chi connectivity index (χ4n) is 8.87. The lowest BCUT2D eigenvalue weighted by molar-refractivity contribution is -0.870. The number of carbonyl (C=O) groups excluding carboxylic acids is 1. The van der Waals surface area contributed by atoms with Crippen LogP contribution in [0.25, 0.3) is 0 Å². The highest BCUT2D eigenvalue weighted by Crippen LogP contribution is 2.43. The number of nitrogens with zero attached hydrogens (tertiary/aromatic N) is 1. The minimum absolute atomic E-state index is 0.0500. The average molecular weight is 1040 g/mol. The van der Waals surface area contributed by atoms with Gasteiger partial charge in [-0.05, 0) is 70.6 Å². The summed E-state index contributed by atoms with van der Waals surface area (Å²) in [7, 11) is 1.54. The Morgan fingerprint density at radius 3 is 1.26 bits per heavy atom. The van der Waals surface area contributed by atoms with Crippen molar-refractivity contribution >= 4 is 13.7 Å². The number of phosphoric ester groups is 1. The second kappa shape index (κ2) is 54.7. The van der Waals surface area contributed by atoms with Gasteiger partial charge in [-0.1, -0.05) is 273 Å². The number of amides is 1. The topological polar surface area (TPSA) is 105 Å². The number of phosphoric acid groups is 1. The Bertz CT molecular complexity index is 1420. The predicted molar refractivity (Wildman–Crippen MR) is 318 cm³/mol. The van der Waals surface area contributed by atoms with Crippen molar-refractivity contribution in [2.45, 2.75) is 289 Å². The van der Waals surface area contributed by atoms with Crippen molar-refractivity contribution in [1.29, 1.82) is 0 Å². The number of hydrogen-bond acceptors (Lipinski definition) is 5. The summed E-state index contributed by atoms with van der Waals surface area (Å²) in [6.07, 6.45) is 76.1. The van der Waals surface area contributed by atoms with E-state index in [0.29, 0.717) is 17.4 Å². The van der Waals surface area contributed by atoms with E-state index >= 15 is 0 Å². The lowest BCUT2D eigenvalue weighted by atomic mass is 10.0. The molecule has 0 radical (unpaired) electrons. The third-order valence-electron chi connectivity index (χ3n) is 13.7. The molecule has 9 heteroatoms. The van der Waals surface area contributed by atoms with Crippen molar-refractivity contribution < 1.29 is 32.9 Å². The molecule has 73 heavy (non-hydrogen) atoms. The standard InChI is InChI=1S/C64H119N2O6P/c1-6-8-10-12-14-16-18-20-22-24-26-27-28-29-30-31-32-33-34-35-36-37-38-40-41-43-45-47-49-51-53-55-57-63(67)62(61-72-73(69,70)71-60-59-66(3,4)5)65-64(68)58-56-54-52-50-48-46-44-42-39-25-23-21-19-17-15-13-11-9-7-2/h9,11,15,17,21,23,39,42,47,49,55,57,62-63,67H,6-8,10,12-14,16,18-20,22,24-38,40-41,43-46,48,50-54,56,58-61H2,1-5H3,(H-,65,68,69,70)/p+1/b11-9-,17-15-,23-21-,42-39-,49-47+,57-55+. The Morgan fingerprint density at radius 1 is 0.479 bits per heavy atom. The number of hydrogen-bond donors (Lipinski definition) is 3. The molecule has 0 saturated heterocycles. The third-order valence-corrected chi connectivity index (χ3v) is 14.6. The summed E-state index contributed by atoms with van der Waals surface area (Å²) < 4.78 is 23.7. The molecule has 426 valence electrons. The SMILES string of the molecule is CC/C=C\C/C=C\C/C=C\C/C=C\CCCCCCCCC(=O)NC(COP(=O)(O)OCC[N+](C)(C)C)C(O)/C=C/CC/C=C/CCCCCCCCCCCCCCCCCCCCCCCCCCCC. The first-order valence-corrected chi connectivity index (χ1v) is 32.3. The lowest BCUT2D eigenvalue weighted by Crippen LogP contribution is -2.45. The van der Waals surface area contributed by atoms with E-state index in [9.17, 15) is 19.4 Å². The number of unbranched alkanes of at least 4 members (excludes halogenated alkanes) is 33. The van der Waals surface area contributed by atoms with Crippen molar-refractivity contribution in [1.82, 2.24) is 5.32 Å². The predicted octanol–water partition coefficient (Wildman–Crippen LogP) is 19.0. The molecule has 0 rings (SSSR count). The van der Waals surface area contributed by atoms with Crippen LogP contribution in [0.1, 0.15) is 277 Å². The smallest absolute Gasteiger partial charge is 0.387 e. The number of quaternary nitrogens is 1. The fraction of sp³-hybridized carbons (Fsp3) is 0.797. The highest BCUT2D eigenvalue weighted by atomic mass is 31.2. The number of aliphatic hydroxyl groups excluding tert-OH is 1. The number of likely N-dealkylation sites (N-methyl/N-ethyl adjacent to an activating group) is 1. The van der Waals surface area contributed by atoms with Crippen LogP contribution in [0.5, 0.6) is 0 Å². The molecule has 0 aromatic carbocycles. The van der Waals surface area contributed by atoms with Crippen molar-refractivity contribution in [2.24, 2.45) is 0 Å². The molecular weight excluding hydrogens is 924 g/mol. The van der Waals surface area contributed by atoms with Gasteiger partial charge in [-0.25, -0.2) is 4.57 Å². The molecule has 0 aliphatic heterocycles. The van der Waals surface area contributed by atoms with Crippen molar-refractivity contribution in [3.05, 3.63) is 72.9 Å². The molecule has 0 saturated carbocycles. The number of aliphatic hydroxyl groups is 1. The van der Waals surface area contributed by atoms with E-state index in [2.05, 4.69) is 79.9 Å². The van der Waals surface area contributed by atoms with Gasteiger partial charge in [0.15, 0.2) is 0 Å². The van der Waals surface area contributed by atoms with Gasteiger partial charge in [0.2, 0.25) is 5.91 Å². The fourth-order valence-corrected chi connectivity index (χ4v) is 9.61. The van der Waals surface area contributed by atoms with Gasteiger partial charge in [-0.2, -0.15) is 0 Å². The van der Waals surface area contributed by atoms with Crippen LogP contribution in [0, 0.1) is 0 Å². The summed E-state index contributed by atoms with van der Waals surface area (Å²) in [5.74, 6) is -0.201. The second-order valence-corrected chi connectivity index (χ2v) is 23.5. The zero-order valence-electron chi connectivity index (χ0n) is 48.6. The number of carbonyl (C=O) groups is 1. The quantitative estimate of drug-likeness (QED) is 0.0243. The Hall–Kier alpha value is -2.06. The highest BCUT2D eigenvalue weighted by Gasteiger charge is 2.27. The highest BCUT2D eigenvalue weighted by molar-refractivity contribution is 7.47. The molecule has 3 N–H and O–H groups in total. The van der Waals surface area contributed by atoms with Crippen LogP contribution in [-0.4, -0.2) is 73.4 Å². The molecule has 0 aliphatic carbocycles. The zero-order chi connectivity index (χ0) is 53.5. The molecule has 0 aliphatic rings. The first-order valence-electron chi connectivity index (χ1n) is 30.8. The van der Waals surface area contributed by atoms with Crippen LogP contribution in [0.3, 0.4) is 0 Å². The van der Waals surface area contributed by atoms with Gasteiger partial charge in [0.25, 0.3) is 0 Å². The summed E-state index contributed by atoms with van der Waals surface area (Å²) in [6, 6.07) is -0.876. The van der Waals surface area contributed by atoms with E-state index in [1.54, 1.807) is 6.08 Å². The van der Waals surface area contributed by atoms with E-state index < -0.39 is 20.0 Å². The molecule has 0 aromatic heterocycles. The van der Waals surface area contributed by atoms with Gasteiger partial charge >= 0.3 is 7.82 Å². The van der Waals surface area contributed by atoms with Crippen LogP contribution in [-0.2, 0) is 18.4 Å². The van der Waals surface area contributed by atoms with Gasteiger partial charge in [-0.15, -0.1) is 0 Å². The summed E-state index contributed by atoms with van der Waals surface area (Å²) in [4.78, 5) is 23.3. The molecule has 3 unspecified atom stereocenters. The van der Waals surface area contributed by atoms with E-state index in [-0.39, 0.29) is 19.1 Å². The molecule has 0 aromatic rings. The molecule has 8 nitrogen and oxygen atoms in total. The van der Waals surface area contributed by atoms with Gasteiger partial charge in [0, 0.05) is 6.42 Å². The maximum Gasteiger partial charge on any atom is 0.472 e. The lowest BCUT2D eigenvalue weighted by Gasteiger charge is -2.25. The van der Waals surface area contributed by atoms with Gasteiger partial charge in [-0.3, -0.25) is 13.8 Å². The van der Waals surface area contributed by atoms with Crippen molar-refractivity contribution in [3.8, 4) is 0 Å². The summed E-state index contributed by atoms with van der Waals surface area (Å²) >= 11 is 0. The minimum atomic E-state index is -4.37.